The molecule has 0 bridgehead atoms. The second kappa shape index (κ2) is 8.21. The maximum absolute atomic E-state index is 12.0. The molecule has 0 radical (unpaired) electrons. The maximum Gasteiger partial charge on any atom is 0.240 e. The number of rotatable bonds is 6. The lowest BCUT2D eigenvalue weighted by Gasteiger charge is -2.10. The first-order valence-corrected chi connectivity index (χ1v) is 7.43. The summed E-state index contributed by atoms with van der Waals surface area (Å²) in [6.45, 7) is 3.89. The Morgan fingerprint density at radius 2 is 2.00 bits per heavy atom. The van der Waals surface area contributed by atoms with E-state index in [1.54, 1.807) is 13.0 Å². The van der Waals surface area contributed by atoms with Crippen molar-refractivity contribution >= 4 is 34.0 Å². The second-order valence-corrected chi connectivity index (χ2v) is 5.96. The van der Waals surface area contributed by atoms with Gasteiger partial charge in [0.25, 0.3) is 0 Å². The normalized spacial score (nSPS) is 10.8. The third kappa shape index (κ3) is 5.46. The van der Waals surface area contributed by atoms with Crippen molar-refractivity contribution in [1.82, 2.24) is 4.72 Å². The molecule has 4 N–H and O–H groups in total. The molecule has 1 rings (SSSR count). The summed E-state index contributed by atoms with van der Waals surface area (Å²) < 4.78 is 26.4. The standard InChI is InChI=1S/C12H19N3O3S.ClH/c1-9-4-5-11(8-12(9)15-10(2)16)19(17,18)14-7-3-6-13;/h4-5,8,14H,3,6-7,13H2,1-2H3,(H,15,16);1H. The molecule has 0 heterocycles. The summed E-state index contributed by atoms with van der Waals surface area (Å²) in [6, 6.07) is 4.61. The quantitative estimate of drug-likeness (QED) is 0.680. The Bertz CT molecular complexity index is 561. The molecular formula is C12H20ClN3O3S. The SMILES string of the molecule is CC(=O)Nc1cc(S(=O)(=O)NCCCN)ccc1C.Cl. The summed E-state index contributed by atoms with van der Waals surface area (Å²) in [6.07, 6.45) is 0.573. The van der Waals surface area contributed by atoms with E-state index in [1.807, 2.05) is 0 Å². The van der Waals surface area contributed by atoms with Gasteiger partial charge in [-0.25, -0.2) is 13.1 Å². The summed E-state index contributed by atoms with van der Waals surface area (Å²) in [5.74, 6) is -0.242. The van der Waals surface area contributed by atoms with Gasteiger partial charge in [0, 0.05) is 19.2 Å². The van der Waals surface area contributed by atoms with Crippen LogP contribution in [0.25, 0.3) is 0 Å². The Morgan fingerprint density at radius 3 is 2.55 bits per heavy atom. The monoisotopic (exact) mass is 321 g/mol. The van der Waals surface area contributed by atoms with Gasteiger partial charge in [-0.15, -0.1) is 12.4 Å². The molecule has 1 amide bonds. The van der Waals surface area contributed by atoms with Crippen molar-refractivity contribution in [2.75, 3.05) is 18.4 Å². The van der Waals surface area contributed by atoms with Gasteiger partial charge in [0.1, 0.15) is 0 Å². The topological polar surface area (TPSA) is 101 Å². The molecule has 0 saturated carbocycles. The van der Waals surface area contributed by atoms with Gasteiger partial charge in [-0.3, -0.25) is 4.79 Å². The fourth-order valence-electron chi connectivity index (χ4n) is 1.48. The lowest BCUT2D eigenvalue weighted by Crippen LogP contribution is -2.26. The van der Waals surface area contributed by atoms with Gasteiger partial charge < -0.3 is 11.1 Å². The Morgan fingerprint density at radius 1 is 1.35 bits per heavy atom. The molecule has 0 aliphatic heterocycles. The van der Waals surface area contributed by atoms with Crippen LogP contribution in [0.4, 0.5) is 5.69 Å². The van der Waals surface area contributed by atoms with Gasteiger partial charge in [0.05, 0.1) is 4.90 Å². The number of carbonyl (C=O) groups is 1. The minimum absolute atomic E-state index is 0. The summed E-state index contributed by atoms with van der Waals surface area (Å²) in [4.78, 5) is 11.2. The molecule has 6 nitrogen and oxygen atoms in total. The first-order chi connectivity index (χ1) is 8.86. The number of halogens is 1. The highest BCUT2D eigenvalue weighted by Gasteiger charge is 2.14. The van der Waals surface area contributed by atoms with Crippen LogP contribution in [-0.4, -0.2) is 27.4 Å². The van der Waals surface area contributed by atoms with Crippen molar-refractivity contribution in [3.05, 3.63) is 23.8 Å². The highest BCUT2D eigenvalue weighted by molar-refractivity contribution is 7.89. The fraction of sp³-hybridized carbons (Fsp3) is 0.417. The molecule has 0 aliphatic carbocycles. The van der Waals surface area contributed by atoms with Crippen LogP contribution in [0.15, 0.2) is 23.1 Å². The largest absolute Gasteiger partial charge is 0.330 e. The van der Waals surface area contributed by atoms with Crippen molar-refractivity contribution in [3.63, 3.8) is 0 Å². The number of hydrogen-bond donors (Lipinski definition) is 3. The van der Waals surface area contributed by atoms with E-state index in [2.05, 4.69) is 10.0 Å². The van der Waals surface area contributed by atoms with E-state index >= 15 is 0 Å². The number of benzene rings is 1. The lowest BCUT2D eigenvalue weighted by atomic mass is 10.2. The smallest absolute Gasteiger partial charge is 0.240 e. The fourth-order valence-corrected chi connectivity index (χ4v) is 2.58. The van der Waals surface area contributed by atoms with E-state index in [-0.39, 0.29) is 23.2 Å². The summed E-state index contributed by atoms with van der Waals surface area (Å²) >= 11 is 0. The maximum atomic E-state index is 12.0. The van der Waals surface area contributed by atoms with Crippen molar-refractivity contribution in [2.24, 2.45) is 5.73 Å². The third-order valence-electron chi connectivity index (χ3n) is 2.50. The molecular weight excluding hydrogens is 302 g/mol. The predicted octanol–water partition coefficient (Wildman–Crippen LogP) is 1.00. The zero-order valence-corrected chi connectivity index (χ0v) is 13.1. The molecule has 0 fully saturated rings. The molecule has 0 aromatic heterocycles. The van der Waals surface area contributed by atoms with Gasteiger partial charge in [0.2, 0.25) is 15.9 Å². The van der Waals surface area contributed by atoms with Crippen LogP contribution < -0.4 is 15.8 Å². The zero-order valence-electron chi connectivity index (χ0n) is 11.5. The molecule has 8 heteroatoms. The molecule has 1 aromatic rings. The number of hydrogen-bond acceptors (Lipinski definition) is 4. The first-order valence-electron chi connectivity index (χ1n) is 5.95. The summed E-state index contributed by atoms with van der Waals surface area (Å²) in [5, 5.41) is 2.60. The van der Waals surface area contributed by atoms with Crippen molar-refractivity contribution in [2.45, 2.75) is 25.2 Å². The summed E-state index contributed by atoms with van der Waals surface area (Å²) in [7, 11) is -3.56. The van der Waals surface area contributed by atoms with E-state index in [0.717, 1.165) is 5.56 Å². The van der Waals surface area contributed by atoms with E-state index in [9.17, 15) is 13.2 Å². The molecule has 0 atom stereocenters. The molecule has 0 aliphatic rings. The van der Waals surface area contributed by atoms with Crippen molar-refractivity contribution in [3.8, 4) is 0 Å². The highest BCUT2D eigenvalue weighted by atomic mass is 35.5. The van der Waals surface area contributed by atoms with Gasteiger partial charge in [0.15, 0.2) is 0 Å². The van der Waals surface area contributed by atoms with E-state index < -0.39 is 10.0 Å². The van der Waals surface area contributed by atoms with Crippen LogP contribution in [0.5, 0.6) is 0 Å². The lowest BCUT2D eigenvalue weighted by molar-refractivity contribution is -0.114. The summed E-state index contributed by atoms with van der Waals surface area (Å²) in [5.41, 5.74) is 6.61. The minimum Gasteiger partial charge on any atom is -0.330 e. The average molecular weight is 322 g/mol. The van der Waals surface area contributed by atoms with Crippen molar-refractivity contribution < 1.29 is 13.2 Å². The number of carbonyl (C=O) groups excluding carboxylic acids is 1. The first kappa shape index (κ1) is 18.9. The second-order valence-electron chi connectivity index (χ2n) is 4.20. The minimum atomic E-state index is -3.56. The van der Waals surface area contributed by atoms with Gasteiger partial charge >= 0.3 is 0 Å². The van der Waals surface area contributed by atoms with Gasteiger partial charge in [-0.2, -0.15) is 0 Å². The van der Waals surface area contributed by atoms with Crippen LogP contribution in [0.1, 0.15) is 18.9 Å². The van der Waals surface area contributed by atoms with Gasteiger partial charge in [-0.05, 0) is 37.6 Å². The zero-order chi connectivity index (χ0) is 14.5. The molecule has 0 spiro atoms. The van der Waals surface area contributed by atoms with E-state index in [1.165, 1.54) is 19.1 Å². The van der Waals surface area contributed by atoms with E-state index in [4.69, 9.17) is 5.73 Å². The van der Waals surface area contributed by atoms with Crippen LogP contribution >= 0.6 is 12.4 Å². The number of aryl methyl sites for hydroxylation is 1. The van der Waals surface area contributed by atoms with Crippen LogP contribution in [-0.2, 0) is 14.8 Å². The average Bonchev–Trinajstić information content (AvgIpc) is 2.31. The number of amides is 1. The molecule has 1 aromatic carbocycles. The third-order valence-corrected chi connectivity index (χ3v) is 3.96. The van der Waals surface area contributed by atoms with Crippen LogP contribution in [0.2, 0.25) is 0 Å². The van der Waals surface area contributed by atoms with Crippen molar-refractivity contribution in [1.29, 1.82) is 0 Å². The number of sulfonamides is 1. The van der Waals surface area contributed by atoms with Crippen LogP contribution in [0.3, 0.4) is 0 Å². The van der Waals surface area contributed by atoms with Gasteiger partial charge in [-0.1, -0.05) is 6.07 Å². The molecule has 0 saturated heterocycles. The molecule has 20 heavy (non-hydrogen) atoms. The number of anilines is 1. The number of nitrogens with one attached hydrogen (secondary N) is 2. The Labute approximate surface area is 125 Å². The molecule has 114 valence electrons. The van der Waals surface area contributed by atoms with E-state index in [0.29, 0.717) is 25.2 Å². The number of nitrogens with two attached hydrogens (primary N) is 1. The Hall–Kier alpha value is -1.15. The Kier molecular flexibility index (Phi) is 7.74. The molecule has 0 unspecified atom stereocenters. The highest BCUT2D eigenvalue weighted by Crippen LogP contribution is 2.20. The predicted molar refractivity (Wildman–Crippen MR) is 81.6 cm³/mol. The van der Waals surface area contributed by atoms with Crippen LogP contribution in [0, 0.1) is 6.92 Å². The Balaban J connectivity index is 0.00000361.